The van der Waals surface area contributed by atoms with Crippen LogP contribution in [0.15, 0.2) is 24.3 Å². The van der Waals surface area contributed by atoms with Gasteiger partial charge in [-0.2, -0.15) is 5.26 Å². The summed E-state index contributed by atoms with van der Waals surface area (Å²) in [6.45, 7) is 3.24. The van der Waals surface area contributed by atoms with Gasteiger partial charge in [-0.1, -0.05) is 23.9 Å². The molecule has 0 aromatic heterocycles. The highest BCUT2D eigenvalue weighted by Gasteiger charge is 2.30. The van der Waals surface area contributed by atoms with Crippen LogP contribution in [0.3, 0.4) is 0 Å². The van der Waals surface area contributed by atoms with Crippen LogP contribution in [-0.4, -0.2) is 71.3 Å². The molecule has 1 aromatic rings. The zero-order valence-corrected chi connectivity index (χ0v) is 16.3. The van der Waals surface area contributed by atoms with E-state index in [0.717, 1.165) is 31.7 Å². The van der Waals surface area contributed by atoms with Crippen molar-refractivity contribution in [2.24, 2.45) is 5.92 Å². The van der Waals surface area contributed by atoms with E-state index >= 15 is 0 Å². The SMILES string of the molecule is CSC(=N)N(C#N)CC1CCN(CC(O)C2COc3ccccc3O2)CC1. The molecule has 2 heterocycles. The number of amidine groups is 1. The molecule has 2 N–H and O–H groups in total. The first-order valence-corrected chi connectivity index (χ1v) is 10.4. The van der Waals surface area contributed by atoms with E-state index in [1.54, 1.807) is 0 Å². The van der Waals surface area contributed by atoms with Crippen LogP contribution in [0.25, 0.3) is 0 Å². The van der Waals surface area contributed by atoms with Crippen LogP contribution in [0, 0.1) is 22.8 Å². The number of β-amino-alcohol motifs (C(OH)–C–C–N with tert-alkyl or cyclic N) is 1. The first-order chi connectivity index (χ1) is 13.1. The number of nitrogens with one attached hydrogen (secondary N) is 1. The highest BCUT2D eigenvalue weighted by molar-refractivity contribution is 8.13. The van der Waals surface area contributed by atoms with Crippen molar-refractivity contribution < 1.29 is 14.6 Å². The van der Waals surface area contributed by atoms with Gasteiger partial charge in [0.05, 0.1) is 0 Å². The van der Waals surface area contributed by atoms with Crippen molar-refractivity contribution in [1.82, 2.24) is 9.80 Å². The van der Waals surface area contributed by atoms with Gasteiger partial charge in [0.2, 0.25) is 0 Å². The Kier molecular flexibility index (Phi) is 6.83. The molecule has 0 radical (unpaired) electrons. The second-order valence-electron chi connectivity index (χ2n) is 6.95. The summed E-state index contributed by atoms with van der Waals surface area (Å²) < 4.78 is 11.6. The summed E-state index contributed by atoms with van der Waals surface area (Å²) in [6, 6.07) is 7.51. The maximum atomic E-state index is 10.6. The lowest BCUT2D eigenvalue weighted by Gasteiger charge is -2.36. The van der Waals surface area contributed by atoms with Crippen LogP contribution in [0.5, 0.6) is 11.5 Å². The molecule has 2 aliphatic rings. The summed E-state index contributed by atoms with van der Waals surface area (Å²) in [5.74, 6) is 1.80. The van der Waals surface area contributed by atoms with E-state index < -0.39 is 6.10 Å². The number of rotatable bonds is 5. The summed E-state index contributed by atoms with van der Waals surface area (Å²) >= 11 is 1.28. The fraction of sp³-hybridized carbons (Fsp3) is 0.579. The maximum absolute atomic E-state index is 10.6. The van der Waals surface area contributed by atoms with E-state index in [0.29, 0.717) is 36.5 Å². The van der Waals surface area contributed by atoms with Crippen LogP contribution in [0.2, 0.25) is 0 Å². The monoisotopic (exact) mass is 390 g/mol. The number of para-hydroxylation sites is 2. The van der Waals surface area contributed by atoms with Gasteiger partial charge in [0.1, 0.15) is 12.7 Å². The van der Waals surface area contributed by atoms with Crippen molar-refractivity contribution in [2.75, 3.05) is 39.0 Å². The second kappa shape index (κ2) is 9.31. The summed E-state index contributed by atoms with van der Waals surface area (Å²) in [7, 11) is 0. The molecule has 2 aliphatic heterocycles. The van der Waals surface area contributed by atoms with Gasteiger partial charge in [-0.3, -0.25) is 10.3 Å². The molecular formula is C19H26N4O3S. The van der Waals surface area contributed by atoms with Crippen molar-refractivity contribution in [3.63, 3.8) is 0 Å². The van der Waals surface area contributed by atoms with Gasteiger partial charge < -0.3 is 19.5 Å². The minimum atomic E-state index is -0.616. The molecule has 1 aromatic carbocycles. The third-order valence-corrected chi connectivity index (χ3v) is 5.72. The number of nitriles is 1. The molecule has 1 saturated heterocycles. The van der Waals surface area contributed by atoms with Gasteiger partial charge in [-0.05, 0) is 50.2 Å². The number of thioether (sulfide) groups is 1. The molecule has 0 bridgehead atoms. The van der Waals surface area contributed by atoms with Gasteiger partial charge in [0.25, 0.3) is 0 Å². The smallest absolute Gasteiger partial charge is 0.185 e. The average molecular weight is 391 g/mol. The van der Waals surface area contributed by atoms with E-state index in [1.165, 1.54) is 16.7 Å². The van der Waals surface area contributed by atoms with Crippen LogP contribution in [-0.2, 0) is 0 Å². The molecule has 27 heavy (non-hydrogen) atoms. The Morgan fingerprint density at radius 1 is 1.41 bits per heavy atom. The standard InChI is InChI=1S/C19H26N4O3S/c1-27-19(21)23(13-20)10-14-6-8-22(9-7-14)11-15(24)18-12-25-16-4-2-3-5-17(16)26-18/h2-5,14-15,18,21,24H,6-12H2,1H3. The molecule has 7 nitrogen and oxygen atoms in total. The minimum Gasteiger partial charge on any atom is -0.486 e. The zero-order valence-electron chi connectivity index (χ0n) is 15.5. The highest BCUT2D eigenvalue weighted by Crippen LogP contribution is 2.32. The molecule has 8 heteroatoms. The molecule has 2 unspecified atom stereocenters. The normalized spacial score (nSPS) is 21.3. The first kappa shape index (κ1) is 19.8. The Morgan fingerprint density at radius 3 is 2.78 bits per heavy atom. The number of benzene rings is 1. The first-order valence-electron chi connectivity index (χ1n) is 9.19. The maximum Gasteiger partial charge on any atom is 0.185 e. The molecule has 3 rings (SSSR count). The van der Waals surface area contributed by atoms with Crippen LogP contribution in [0.1, 0.15) is 12.8 Å². The number of aliphatic hydroxyl groups is 1. The number of piperidine rings is 1. The number of hydrogen-bond donors (Lipinski definition) is 2. The van der Waals surface area contributed by atoms with Crippen molar-refractivity contribution >= 4 is 16.9 Å². The summed E-state index contributed by atoms with van der Waals surface area (Å²) in [5.41, 5.74) is 0. The quantitative estimate of drug-likeness (QED) is 0.344. The van der Waals surface area contributed by atoms with Crippen molar-refractivity contribution in [3.05, 3.63) is 24.3 Å². The molecule has 0 amide bonds. The number of ether oxygens (including phenoxy) is 2. The Hall–Kier alpha value is -1.95. The third kappa shape index (κ3) is 5.06. The fourth-order valence-electron chi connectivity index (χ4n) is 3.50. The van der Waals surface area contributed by atoms with E-state index in [2.05, 4.69) is 11.1 Å². The largest absolute Gasteiger partial charge is 0.486 e. The Bertz CT molecular complexity index is 688. The van der Waals surface area contributed by atoms with Gasteiger partial charge >= 0.3 is 0 Å². The molecular weight excluding hydrogens is 364 g/mol. The predicted molar refractivity (Wildman–Crippen MR) is 105 cm³/mol. The lowest BCUT2D eigenvalue weighted by molar-refractivity contribution is -0.0293. The Labute approximate surface area is 164 Å². The lowest BCUT2D eigenvalue weighted by atomic mass is 9.96. The molecule has 1 fully saturated rings. The summed E-state index contributed by atoms with van der Waals surface area (Å²) in [5, 5.41) is 27.9. The summed E-state index contributed by atoms with van der Waals surface area (Å²) in [6.07, 6.45) is 4.84. The molecule has 0 saturated carbocycles. The highest BCUT2D eigenvalue weighted by atomic mass is 32.2. The zero-order chi connectivity index (χ0) is 19.2. The van der Waals surface area contributed by atoms with E-state index in [4.69, 9.17) is 14.9 Å². The predicted octanol–water partition coefficient (Wildman–Crippen LogP) is 1.98. The number of likely N-dealkylation sites (tertiary alicyclic amines) is 1. The number of nitrogens with zero attached hydrogens (tertiary/aromatic N) is 3. The van der Waals surface area contributed by atoms with Gasteiger partial charge in [0, 0.05) is 13.1 Å². The Morgan fingerprint density at radius 2 is 2.11 bits per heavy atom. The molecule has 146 valence electrons. The molecule has 0 spiro atoms. The number of hydrogen-bond acceptors (Lipinski definition) is 7. The van der Waals surface area contributed by atoms with E-state index in [-0.39, 0.29) is 6.10 Å². The Balaban J connectivity index is 1.44. The van der Waals surface area contributed by atoms with Gasteiger partial charge in [-0.25, -0.2) is 0 Å². The van der Waals surface area contributed by atoms with Crippen LogP contribution < -0.4 is 9.47 Å². The molecule has 0 aliphatic carbocycles. The summed E-state index contributed by atoms with van der Waals surface area (Å²) in [4.78, 5) is 3.70. The third-order valence-electron chi connectivity index (χ3n) is 5.11. The fourth-order valence-corrected chi connectivity index (χ4v) is 3.83. The van der Waals surface area contributed by atoms with E-state index in [1.807, 2.05) is 30.5 Å². The van der Waals surface area contributed by atoms with Gasteiger partial charge in [-0.15, -0.1) is 0 Å². The topological polar surface area (TPSA) is 92.8 Å². The van der Waals surface area contributed by atoms with Crippen molar-refractivity contribution in [1.29, 1.82) is 10.7 Å². The molecule has 2 atom stereocenters. The van der Waals surface area contributed by atoms with E-state index in [9.17, 15) is 10.4 Å². The number of fused-ring (bicyclic) bond motifs is 1. The van der Waals surface area contributed by atoms with Gasteiger partial charge in [0.15, 0.2) is 29.0 Å². The number of aliphatic hydroxyl groups excluding tert-OH is 1. The average Bonchev–Trinajstić information content (AvgIpc) is 2.72. The minimum absolute atomic E-state index is 0.296. The second-order valence-corrected chi connectivity index (χ2v) is 7.74. The van der Waals surface area contributed by atoms with Crippen LogP contribution in [0.4, 0.5) is 0 Å². The van der Waals surface area contributed by atoms with Crippen molar-refractivity contribution in [2.45, 2.75) is 25.0 Å². The van der Waals surface area contributed by atoms with Crippen molar-refractivity contribution in [3.8, 4) is 17.7 Å². The lowest BCUT2D eigenvalue weighted by Crippen LogP contribution is -2.48. The van der Waals surface area contributed by atoms with Crippen LogP contribution >= 0.6 is 11.8 Å².